The molecule has 2 aromatic carbocycles. The maximum absolute atomic E-state index is 12.4. The van der Waals surface area contributed by atoms with Crippen molar-refractivity contribution in [2.45, 2.75) is 13.5 Å². The van der Waals surface area contributed by atoms with Crippen molar-refractivity contribution in [1.82, 2.24) is 10.2 Å². The fourth-order valence-corrected chi connectivity index (χ4v) is 2.98. The number of carboxylic acid groups (broad SMARTS) is 1. The number of hydrogen-bond donors (Lipinski definition) is 2. The van der Waals surface area contributed by atoms with Gasteiger partial charge in [0.25, 0.3) is 5.91 Å². The van der Waals surface area contributed by atoms with Crippen molar-refractivity contribution in [3.05, 3.63) is 64.9 Å². The molecule has 3 amide bonds. The second-order valence-electron chi connectivity index (χ2n) is 6.89. The van der Waals surface area contributed by atoms with Gasteiger partial charge in [0.05, 0.1) is 19.3 Å². The molecule has 0 radical (unpaired) electrons. The van der Waals surface area contributed by atoms with Crippen molar-refractivity contribution >= 4 is 30.0 Å². The molecule has 1 aliphatic heterocycles. The molecule has 2 N–H and O–H groups in total. The van der Waals surface area contributed by atoms with E-state index in [9.17, 15) is 19.2 Å². The quantitative estimate of drug-likeness (QED) is 0.336. The van der Waals surface area contributed by atoms with Gasteiger partial charge in [-0.2, -0.15) is 0 Å². The molecule has 0 aliphatic carbocycles. The van der Waals surface area contributed by atoms with Gasteiger partial charge in [0, 0.05) is 0 Å². The van der Waals surface area contributed by atoms with Crippen molar-refractivity contribution in [3.63, 3.8) is 0 Å². The van der Waals surface area contributed by atoms with E-state index in [2.05, 4.69) is 10.1 Å². The molecule has 0 saturated carbocycles. The van der Waals surface area contributed by atoms with Gasteiger partial charge in [-0.05, 0) is 48.4 Å². The van der Waals surface area contributed by atoms with E-state index in [0.717, 1.165) is 10.5 Å². The number of carbonyl (C=O) groups excluding carboxylic acids is 3. The van der Waals surface area contributed by atoms with Gasteiger partial charge in [0.2, 0.25) is 0 Å². The summed E-state index contributed by atoms with van der Waals surface area (Å²) in [6.45, 7) is 1.89. The van der Waals surface area contributed by atoms with Crippen LogP contribution in [-0.2, 0) is 20.9 Å². The molecule has 0 bridgehead atoms. The first-order chi connectivity index (χ1) is 15.8. The van der Waals surface area contributed by atoms with Crippen LogP contribution in [0.4, 0.5) is 4.79 Å². The van der Waals surface area contributed by atoms with Crippen LogP contribution < -0.4 is 14.8 Å². The number of rotatable bonds is 9. The number of amides is 3. The van der Waals surface area contributed by atoms with Crippen LogP contribution in [0.25, 0.3) is 6.08 Å². The summed E-state index contributed by atoms with van der Waals surface area (Å²) in [5, 5.41) is 11.4. The summed E-state index contributed by atoms with van der Waals surface area (Å²) in [5.41, 5.74) is 1.54. The van der Waals surface area contributed by atoms with Crippen molar-refractivity contribution in [3.8, 4) is 11.5 Å². The monoisotopic (exact) mass is 454 g/mol. The number of esters is 1. The largest absolute Gasteiger partial charge is 0.490 e. The molecule has 10 heteroatoms. The Kier molecular flexibility index (Phi) is 7.29. The maximum atomic E-state index is 12.4. The number of urea groups is 1. The van der Waals surface area contributed by atoms with Crippen LogP contribution in [0.5, 0.6) is 11.5 Å². The number of imide groups is 1. The lowest BCUT2D eigenvalue weighted by molar-refractivity contribution is -0.143. The number of carboxylic acids is 1. The highest BCUT2D eigenvalue weighted by atomic mass is 16.5. The smallest absolute Gasteiger partial charge is 0.335 e. The molecule has 1 fully saturated rings. The Labute approximate surface area is 189 Å². The summed E-state index contributed by atoms with van der Waals surface area (Å²) in [4.78, 5) is 47.6. The number of methoxy groups -OCH3 is 1. The van der Waals surface area contributed by atoms with E-state index in [-0.39, 0.29) is 17.9 Å². The second-order valence-corrected chi connectivity index (χ2v) is 6.89. The molecule has 0 aromatic heterocycles. The molecule has 0 unspecified atom stereocenters. The first-order valence-electron chi connectivity index (χ1n) is 9.95. The second kappa shape index (κ2) is 10.3. The molecule has 0 spiro atoms. The van der Waals surface area contributed by atoms with Gasteiger partial charge in [-0.3, -0.25) is 9.59 Å². The molecule has 1 aliphatic rings. The zero-order chi connectivity index (χ0) is 24.0. The molecule has 0 atom stereocenters. The van der Waals surface area contributed by atoms with Crippen LogP contribution in [0, 0.1) is 0 Å². The molecule has 172 valence electrons. The zero-order valence-electron chi connectivity index (χ0n) is 18.0. The number of nitrogens with zero attached hydrogens (tertiary/aromatic N) is 1. The van der Waals surface area contributed by atoms with E-state index in [4.69, 9.17) is 14.6 Å². The molecule has 1 heterocycles. The van der Waals surface area contributed by atoms with Gasteiger partial charge >= 0.3 is 18.0 Å². The Morgan fingerprint density at radius 1 is 1.06 bits per heavy atom. The number of ether oxygens (including phenoxy) is 3. The first kappa shape index (κ1) is 23.3. The summed E-state index contributed by atoms with van der Waals surface area (Å²) in [5.74, 6) is -1.48. The van der Waals surface area contributed by atoms with Crippen LogP contribution in [0.1, 0.15) is 28.4 Å². The fourth-order valence-electron chi connectivity index (χ4n) is 2.98. The number of aromatic carboxylic acids is 1. The standard InChI is InChI=1S/C23H22N2O8/c1-3-32-19-11-15(10-17-21(27)25(23(30)24-17)12-20(26)31-2)6-9-18(19)33-13-14-4-7-16(8-5-14)22(28)29/h4-11H,3,12-13H2,1-2H3,(H,24,30)(H,28,29). The average Bonchev–Trinajstić information content (AvgIpc) is 3.06. The van der Waals surface area contributed by atoms with Gasteiger partial charge in [-0.15, -0.1) is 0 Å². The Morgan fingerprint density at radius 3 is 2.42 bits per heavy atom. The fraction of sp³-hybridized carbons (Fsp3) is 0.217. The summed E-state index contributed by atoms with van der Waals surface area (Å²) >= 11 is 0. The maximum Gasteiger partial charge on any atom is 0.335 e. The number of nitrogens with one attached hydrogen (secondary N) is 1. The molecule has 2 aromatic rings. The van der Waals surface area contributed by atoms with Gasteiger partial charge in [0.1, 0.15) is 18.8 Å². The number of carbonyl (C=O) groups is 4. The highest BCUT2D eigenvalue weighted by Crippen LogP contribution is 2.30. The van der Waals surface area contributed by atoms with E-state index in [1.807, 2.05) is 6.92 Å². The lowest BCUT2D eigenvalue weighted by Gasteiger charge is -2.13. The van der Waals surface area contributed by atoms with Crippen LogP contribution in [-0.4, -0.2) is 54.1 Å². The lowest BCUT2D eigenvalue weighted by atomic mass is 10.1. The number of benzene rings is 2. The van der Waals surface area contributed by atoms with Crippen molar-refractivity contribution < 1.29 is 38.5 Å². The van der Waals surface area contributed by atoms with Crippen LogP contribution in [0.2, 0.25) is 0 Å². The zero-order valence-corrected chi connectivity index (χ0v) is 18.0. The van der Waals surface area contributed by atoms with Crippen LogP contribution in [0.3, 0.4) is 0 Å². The third-order valence-electron chi connectivity index (χ3n) is 4.65. The molecular weight excluding hydrogens is 432 g/mol. The predicted octanol–water partition coefficient (Wildman–Crippen LogP) is 2.43. The summed E-state index contributed by atoms with van der Waals surface area (Å²) in [6, 6.07) is 10.6. The van der Waals surface area contributed by atoms with E-state index >= 15 is 0 Å². The van der Waals surface area contributed by atoms with Gasteiger partial charge in [0.15, 0.2) is 11.5 Å². The molecule has 1 saturated heterocycles. The van der Waals surface area contributed by atoms with Crippen LogP contribution >= 0.6 is 0 Å². The molecular formula is C23H22N2O8. The Balaban J connectivity index is 1.75. The van der Waals surface area contributed by atoms with Gasteiger partial charge in [-0.1, -0.05) is 18.2 Å². The van der Waals surface area contributed by atoms with Crippen molar-refractivity contribution in [1.29, 1.82) is 0 Å². The Hall–Kier alpha value is -4.34. The minimum Gasteiger partial charge on any atom is -0.490 e. The third kappa shape index (κ3) is 5.67. The minimum absolute atomic E-state index is 0.0125. The van der Waals surface area contributed by atoms with E-state index in [1.54, 1.807) is 30.3 Å². The SMILES string of the molecule is CCOc1cc(C=C2NC(=O)N(CC(=O)OC)C2=O)ccc1OCc1ccc(C(=O)O)cc1. The van der Waals surface area contributed by atoms with E-state index < -0.39 is 30.4 Å². The van der Waals surface area contributed by atoms with Crippen molar-refractivity contribution in [2.75, 3.05) is 20.3 Å². The van der Waals surface area contributed by atoms with E-state index in [0.29, 0.717) is 23.7 Å². The molecule has 10 nitrogen and oxygen atoms in total. The van der Waals surface area contributed by atoms with Crippen molar-refractivity contribution in [2.24, 2.45) is 0 Å². The van der Waals surface area contributed by atoms with Crippen LogP contribution in [0.15, 0.2) is 48.2 Å². The summed E-state index contributed by atoms with van der Waals surface area (Å²) in [6.07, 6.45) is 1.47. The summed E-state index contributed by atoms with van der Waals surface area (Å²) < 4.78 is 16.0. The Morgan fingerprint density at radius 2 is 1.79 bits per heavy atom. The normalized spacial score (nSPS) is 14.2. The average molecular weight is 454 g/mol. The minimum atomic E-state index is -1.00. The Bertz CT molecular complexity index is 1110. The van der Waals surface area contributed by atoms with Gasteiger partial charge < -0.3 is 24.6 Å². The highest BCUT2D eigenvalue weighted by molar-refractivity contribution is 6.15. The van der Waals surface area contributed by atoms with Gasteiger partial charge in [-0.25, -0.2) is 14.5 Å². The molecule has 3 rings (SSSR count). The lowest BCUT2D eigenvalue weighted by Crippen LogP contribution is -2.36. The topological polar surface area (TPSA) is 131 Å². The summed E-state index contributed by atoms with van der Waals surface area (Å²) in [7, 11) is 1.17. The predicted molar refractivity (Wildman–Crippen MR) is 116 cm³/mol. The van der Waals surface area contributed by atoms with E-state index in [1.165, 1.54) is 25.3 Å². The highest BCUT2D eigenvalue weighted by Gasteiger charge is 2.35. The third-order valence-corrected chi connectivity index (χ3v) is 4.65. The number of hydrogen-bond acceptors (Lipinski definition) is 7. The molecule has 33 heavy (non-hydrogen) atoms. The first-order valence-corrected chi connectivity index (χ1v) is 9.95.